The van der Waals surface area contributed by atoms with Gasteiger partial charge in [-0.05, 0) is 31.2 Å². The Morgan fingerprint density at radius 2 is 1.81 bits per heavy atom. The second-order valence-corrected chi connectivity index (χ2v) is 6.60. The van der Waals surface area contributed by atoms with Gasteiger partial charge in [-0.2, -0.15) is 10.5 Å². The second kappa shape index (κ2) is 7.32. The van der Waals surface area contributed by atoms with Crippen molar-refractivity contribution in [3.8, 4) is 23.4 Å². The summed E-state index contributed by atoms with van der Waals surface area (Å²) in [5, 5.41) is 26.6. The predicted octanol–water partition coefficient (Wildman–Crippen LogP) is 3.02. The summed E-state index contributed by atoms with van der Waals surface area (Å²) in [6.07, 6.45) is 0. The molecule has 0 atom stereocenters. The van der Waals surface area contributed by atoms with Crippen molar-refractivity contribution in [3.05, 3.63) is 68.7 Å². The lowest BCUT2D eigenvalue weighted by Gasteiger charge is -2.10. The first-order valence-corrected chi connectivity index (χ1v) is 8.64. The van der Waals surface area contributed by atoms with E-state index in [0.717, 1.165) is 11.8 Å². The van der Waals surface area contributed by atoms with Crippen LogP contribution in [-0.2, 0) is 0 Å². The summed E-state index contributed by atoms with van der Waals surface area (Å²) in [7, 11) is 0. The number of hydrogen-bond donors (Lipinski definition) is 2. The molecule has 0 aliphatic carbocycles. The smallest absolute Gasteiger partial charge is 0.270 e. The first kappa shape index (κ1) is 18.2. The molecule has 1 aromatic carbocycles. The van der Waals surface area contributed by atoms with Crippen LogP contribution in [0.4, 0.5) is 0 Å². The van der Waals surface area contributed by atoms with Crippen LogP contribution in [0, 0.1) is 41.9 Å². The number of benzene rings is 1. The molecule has 0 fully saturated rings. The second-order valence-electron chi connectivity index (χ2n) is 5.60. The van der Waals surface area contributed by atoms with Crippen molar-refractivity contribution >= 4 is 11.8 Å². The fourth-order valence-corrected chi connectivity index (χ4v) is 3.50. The molecule has 0 radical (unpaired) electrons. The highest BCUT2D eigenvalue weighted by molar-refractivity contribution is 7.99. The Bertz CT molecular complexity index is 1230. The molecule has 0 aliphatic heterocycles. The normalized spacial score (nSPS) is 10.2. The summed E-state index contributed by atoms with van der Waals surface area (Å²) in [6.45, 7) is 3.38. The average Bonchev–Trinajstić information content (AvgIpc) is 2.65. The van der Waals surface area contributed by atoms with E-state index >= 15 is 0 Å². The van der Waals surface area contributed by atoms with Crippen LogP contribution in [0.15, 0.2) is 49.6 Å². The summed E-state index contributed by atoms with van der Waals surface area (Å²) in [6, 6.07) is 12.8. The molecule has 2 N–H and O–H groups in total. The molecular formula is C19H13N5O2S. The maximum absolute atomic E-state index is 12.4. The maximum Gasteiger partial charge on any atom is 0.270 e. The predicted molar refractivity (Wildman–Crippen MR) is 97.9 cm³/mol. The molecule has 7 nitrogen and oxygen atoms in total. The minimum absolute atomic E-state index is 0.0668. The molecule has 0 unspecified atom stereocenters. The van der Waals surface area contributed by atoms with Crippen molar-refractivity contribution in [1.29, 1.82) is 15.9 Å². The fourth-order valence-electron chi connectivity index (χ4n) is 2.59. The monoisotopic (exact) mass is 375 g/mol. The Morgan fingerprint density at radius 3 is 2.44 bits per heavy atom. The molecule has 0 spiro atoms. The molecule has 2 aromatic heterocycles. The van der Waals surface area contributed by atoms with Gasteiger partial charge in [0.1, 0.15) is 29.0 Å². The van der Waals surface area contributed by atoms with E-state index in [1.165, 1.54) is 0 Å². The molecule has 3 rings (SSSR count). The summed E-state index contributed by atoms with van der Waals surface area (Å²) in [5.74, 6) is 0.440. The Morgan fingerprint density at radius 1 is 1.15 bits per heavy atom. The van der Waals surface area contributed by atoms with E-state index in [2.05, 4.69) is 9.97 Å². The molecule has 132 valence electrons. The third-order valence-electron chi connectivity index (χ3n) is 3.88. The largest absolute Gasteiger partial charge is 0.442 e. The van der Waals surface area contributed by atoms with E-state index in [-0.39, 0.29) is 27.5 Å². The first-order valence-electron chi connectivity index (χ1n) is 7.83. The fraction of sp³-hybridized carbons (Fsp3) is 0.105. The Kier molecular flexibility index (Phi) is 4.93. The molecule has 3 aromatic rings. The number of nitrogens with one attached hydrogen (secondary N) is 2. The standard InChI is InChI=1S/C19H13N5O2S/c1-10-13(8-20)17(22)26-11(2)16(10)27-19-23-15(12-6-4-3-5-7-12)14(9-21)18(25)24-19/h3-7,22H,1-2H3,(H,23,24,25). The topological polar surface area (TPSA) is 130 Å². The number of aryl methyl sites for hydroxylation is 1. The van der Waals surface area contributed by atoms with Crippen LogP contribution in [0.25, 0.3) is 11.3 Å². The zero-order valence-electron chi connectivity index (χ0n) is 14.5. The van der Waals surface area contributed by atoms with Crippen LogP contribution < -0.4 is 11.1 Å². The van der Waals surface area contributed by atoms with Crippen molar-refractivity contribution in [2.75, 3.05) is 0 Å². The summed E-state index contributed by atoms with van der Waals surface area (Å²) in [4.78, 5) is 20.0. The molecule has 0 bridgehead atoms. The third-order valence-corrected chi connectivity index (χ3v) is 5.07. The highest BCUT2D eigenvalue weighted by Gasteiger charge is 2.18. The van der Waals surface area contributed by atoms with Crippen LogP contribution >= 0.6 is 11.8 Å². The van der Waals surface area contributed by atoms with Gasteiger partial charge in [0.15, 0.2) is 5.16 Å². The molecule has 0 saturated heterocycles. The summed E-state index contributed by atoms with van der Waals surface area (Å²) < 4.78 is 5.32. The molecule has 0 saturated carbocycles. The van der Waals surface area contributed by atoms with Crippen molar-refractivity contribution in [2.24, 2.45) is 0 Å². The van der Waals surface area contributed by atoms with Crippen LogP contribution in [0.5, 0.6) is 0 Å². The van der Waals surface area contributed by atoms with Gasteiger partial charge in [0, 0.05) is 5.56 Å². The molecule has 0 amide bonds. The number of nitriles is 2. The van der Waals surface area contributed by atoms with E-state index in [9.17, 15) is 15.3 Å². The summed E-state index contributed by atoms with van der Waals surface area (Å²) in [5.41, 5.74) is 0.824. The third kappa shape index (κ3) is 3.39. The van der Waals surface area contributed by atoms with Crippen molar-refractivity contribution in [1.82, 2.24) is 9.97 Å². The van der Waals surface area contributed by atoms with Crippen molar-refractivity contribution in [2.45, 2.75) is 23.9 Å². The van der Waals surface area contributed by atoms with Crippen LogP contribution in [0.3, 0.4) is 0 Å². The first-order chi connectivity index (χ1) is 13.0. The maximum atomic E-state index is 12.4. The van der Waals surface area contributed by atoms with Crippen molar-refractivity contribution in [3.63, 3.8) is 0 Å². The van der Waals surface area contributed by atoms with Gasteiger partial charge in [-0.15, -0.1) is 0 Å². The summed E-state index contributed by atoms with van der Waals surface area (Å²) >= 11 is 1.12. The Labute approximate surface area is 158 Å². The van der Waals surface area contributed by atoms with Gasteiger partial charge in [0.2, 0.25) is 5.55 Å². The van der Waals surface area contributed by atoms with Crippen LogP contribution in [0.2, 0.25) is 0 Å². The number of aromatic amines is 1. The van der Waals surface area contributed by atoms with E-state index in [1.807, 2.05) is 18.2 Å². The van der Waals surface area contributed by atoms with Gasteiger partial charge < -0.3 is 9.40 Å². The highest BCUT2D eigenvalue weighted by atomic mass is 32.2. The molecule has 2 heterocycles. The van der Waals surface area contributed by atoms with Gasteiger partial charge in [0.05, 0.1) is 10.6 Å². The van der Waals surface area contributed by atoms with E-state index in [0.29, 0.717) is 21.8 Å². The lowest BCUT2D eigenvalue weighted by molar-refractivity contribution is 0.441. The number of rotatable bonds is 3. The molecule has 8 heteroatoms. The van der Waals surface area contributed by atoms with Crippen LogP contribution in [0.1, 0.15) is 22.5 Å². The lowest BCUT2D eigenvalue weighted by Crippen LogP contribution is -2.15. The van der Waals surface area contributed by atoms with Gasteiger partial charge in [-0.1, -0.05) is 30.3 Å². The molecule has 0 aliphatic rings. The van der Waals surface area contributed by atoms with Gasteiger partial charge in [-0.25, -0.2) is 4.98 Å². The zero-order chi connectivity index (χ0) is 19.6. The quantitative estimate of drug-likeness (QED) is 0.677. The molecular weight excluding hydrogens is 362 g/mol. The Hall–Kier alpha value is -3.62. The number of aromatic nitrogens is 2. The highest BCUT2D eigenvalue weighted by Crippen LogP contribution is 2.32. The number of hydrogen-bond acceptors (Lipinski definition) is 7. The number of nitrogens with zero attached hydrogens (tertiary/aromatic N) is 3. The van der Waals surface area contributed by atoms with Gasteiger partial charge >= 0.3 is 0 Å². The molecule has 27 heavy (non-hydrogen) atoms. The van der Waals surface area contributed by atoms with Gasteiger partial charge in [0.25, 0.3) is 5.56 Å². The minimum atomic E-state index is -0.543. The van der Waals surface area contributed by atoms with Crippen LogP contribution in [-0.4, -0.2) is 9.97 Å². The van der Waals surface area contributed by atoms with E-state index in [4.69, 9.17) is 9.83 Å². The van der Waals surface area contributed by atoms with E-state index in [1.54, 1.807) is 38.1 Å². The van der Waals surface area contributed by atoms with Crippen molar-refractivity contribution < 1.29 is 4.42 Å². The minimum Gasteiger partial charge on any atom is -0.442 e. The lowest BCUT2D eigenvalue weighted by atomic mass is 10.1. The average molecular weight is 375 g/mol. The van der Waals surface area contributed by atoms with Gasteiger partial charge in [-0.3, -0.25) is 10.2 Å². The Balaban J connectivity index is 2.18. The SMILES string of the molecule is Cc1oc(=N)c(C#N)c(C)c1Sc1nc(-c2ccccc2)c(C#N)c(=O)[nH]1. The zero-order valence-corrected chi connectivity index (χ0v) is 15.3. The number of H-pyrrole nitrogens is 1. The van der Waals surface area contributed by atoms with E-state index < -0.39 is 5.56 Å².